The van der Waals surface area contributed by atoms with Crippen LogP contribution in [0.1, 0.15) is 29.3 Å². The highest BCUT2D eigenvalue weighted by Crippen LogP contribution is 2.20. The molecule has 3 N–H and O–H groups in total. The molecule has 0 bridgehead atoms. The molecule has 2 aromatic carbocycles. The van der Waals surface area contributed by atoms with Gasteiger partial charge in [-0.2, -0.15) is 0 Å². The first kappa shape index (κ1) is 18.9. The maximum absolute atomic E-state index is 12.2. The summed E-state index contributed by atoms with van der Waals surface area (Å²) in [5, 5.41) is 8.82. The summed E-state index contributed by atoms with van der Waals surface area (Å²) in [5.41, 5.74) is 2.62. The predicted molar refractivity (Wildman–Crippen MR) is 105 cm³/mol. The van der Waals surface area contributed by atoms with E-state index in [1.807, 2.05) is 19.1 Å². The Balaban J connectivity index is 2.05. The van der Waals surface area contributed by atoms with E-state index >= 15 is 0 Å². The molecule has 0 atom stereocenters. The Morgan fingerprint density at radius 1 is 1.12 bits per heavy atom. The van der Waals surface area contributed by atoms with Gasteiger partial charge in [0.15, 0.2) is 5.11 Å². The molecule has 0 aliphatic carbocycles. The van der Waals surface area contributed by atoms with Crippen molar-refractivity contribution in [3.05, 3.63) is 58.6 Å². The Kier molecular flexibility index (Phi) is 6.50. The monoisotopic (exact) mass is 375 g/mol. The van der Waals surface area contributed by atoms with Crippen molar-refractivity contribution in [3.63, 3.8) is 0 Å². The average Bonchev–Trinajstić information content (AvgIpc) is 2.57. The Morgan fingerprint density at radius 2 is 1.84 bits per heavy atom. The van der Waals surface area contributed by atoms with Crippen LogP contribution < -0.4 is 16.0 Å². The number of carbonyl (C=O) groups is 2. The van der Waals surface area contributed by atoms with Gasteiger partial charge in [-0.15, -0.1) is 0 Å². The zero-order chi connectivity index (χ0) is 18.4. The number of hydrogen-bond acceptors (Lipinski definition) is 3. The van der Waals surface area contributed by atoms with Crippen LogP contribution in [-0.2, 0) is 4.79 Å². The molecule has 2 rings (SSSR count). The fourth-order valence-electron chi connectivity index (χ4n) is 2.05. The molecule has 0 heterocycles. The number of benzene rings is 2. The summed E-state index contributed by atoms with van der Waals surface area (Å²) in [4.78, 5) is 23.8. The molecular formula is C18H18ClN3O2S. The molecule has 0 radical (unpaired) electrons. The van der Waals surface area contributed by atoms with E-state index in [1.165, 1.54) is 0 Å². The van der Waals surface area contributed by atoms with Crippen molar-refractivity contribution in [2.24, 2.45) is 0 Å². The lowest BCUT2D eigenvalue weighted by Crippen LogP contribution is -2.34. The standard InChI is InChI=1S/C18H18ClN3O2S/c1-3-16(23)21-15-10-12(9-8-11(15)2)20-18(25)22-17(24)13-6-4-5-7-14(13)19/h4-10H,3H2,1-2H3,(H,21,23)(H2,20,22,24,25). The van der Waals surface area contributed by atoms with E-state index < -0.39 is 5.91 Å². The molecule has 130 valence electrons. The molecule has 2 aromatic rings. The third-order valence-electron chi connectivity index (χ3n) is 3.44. The maximum atomic E-state index is 12.2. The van der Waals surface area contributed by atoms with E-state index in [0.29, 0.717) is 28.4 Å². The van der Waals surface area contributed by atoms with Gasteiger partial charge in [0.2, 0.25) is 5.91 Å². The van der Waals surface area contributed by atoms with Crippen LogP contribution in [0.3, 0.4) is 0 Å². The molecule has 0 fully saturated rings. The first-order valence-electron chi connectivity index (χ1n) is 7.68. The number of halogens is 1. The van der Waals surface area contributed by atoms with Crippen molar-refractivity contribution in [2.45, 2.75) is 20.3 Å². The summed E-state index contributed by atoms with van der Waals surface area (Å²) in [6.07, 6.45) is 0.392. The van der Waals surface area contributed by atoms with Gasteiger partial charge in [-0.05, 0) is 49.0 Å². The van der Waals surface area contributed by atoms with Crippen molar-refractivity contribution >= 4 is 52.1 Å². The fourth-order valence-corrected chi connectivity index (χ4v) is 2.48. The third kappa shape index (κ3) is 5.27. The highest BCUT2D eigenvalue weighted by molar-refractivity contribution is 7.80. The minimum Gasteiger partial charge on any atom is -0.332 e. The number of aryl methyl sites for hydroxylation is 1. The Labute approximate surface area is 156 Å². The number of carbonyl (C=O) groups excluding carboxylic acids is 2. The summed E-state index contributed by atoms with van der Waals surface area (Å²) in [6.45, 7) is 3.68. The Morgan fingerprint density at radius 3 is 2.52 bits per heavy atom. The fraction of sp³-hybridized carbons (Fsp3) is 0.167. The van der Waals surface area contributed by atoms with Crippen LogP contribution in [0.5, 0.6) is 0 Å². The van der Waals surface area contributed by atoms with E-state index in [1.54, 1.807) is 37.3 Å². The number of hydrogen-bond donors (Lipinski definition) is 3. The van der Waals surface area contributed by atoms with Gasteiger partial charge in [-0.1, -0.05) is 36.7 Å². The molecule has 0 unspecified atom stereocenters. The van der Waals surface area contributed by atoms with E-state index in [-0.39, 0.29) is 11.0 Å². The predicted octanol–water partition coefficient (Wildman–Crippen LogP) is 4.12. The minimum atomic E-state index is -0.394. The Hall–Kier alpha value is -2.44. The van der Waals surface area contributed by atoms with Gasteiger partial charge < -0.3 is 10.6 Å². The van der Waals surface area contributed by atoms with Gasteiger partial charge in [0.05, 0.1) is 10.6 Å². The molecule has 5 nitrogen and oxygen atoms in total. The topological polar surface area (TPSA) is 70.2 Å². The Bertz CT molecular complexity index is 824. The van der Waals surface area contributed by atoms with Gasteiger partial charge in [0.25, 0.3) is 5.91 Å². The summed E-state index contributed by atoms with van der Waals surface area (Å²) in [5.74, 6) is -0.468. The van der Waals surface area contributed by atoms with Gasteiger partial charge in [-0.3, -0.25) is 14.9 Å². The molecule has 25 heavy (non-hydrogen) atoms. The molecule has 0 spiro atoms. The highest BCUT2D eigenvalue weighted by atomic mass is 35.5. The first-order chi connectivity index (χ1) is 11.9. The lowest BCUT2D eigenvalue weighted by atomic mass is 10.1. The highest BCUT2D eigenvalue weighted by Gasteiger charge is 2.11. The lowest BCUT2D eigenvalue weighted by Gasteiger charge is -2.13. The second-order valence-electron chi connectivity index (χ2n) is 5.32. The van der Waals surface area contributed by atoms with Gasteiger partial charge >= 0.3 is 0 Å². The normalized spacial score (nSPS) is 10.0. The minimum absolute atomic E-state index is 0.0742. The number of rotatable bonds is 4. The second-order valence-corrected chi connectivity index (χ2v) is 6.13. The smallest absolute Gasteiger partial charge is 0.258 e. The van der Waals surface area contributed by atoms with E-state index in [9.17, 15) is 9.59 Å². The summed E-state index contributed by atoms with van der Waals surface area (Å²) >= 11 is 11.2. The molecule has 2 amide bonds. The largest absolute Gasteiger partial charge is 0.332 e. The van der Waals surface area contributed by atoms with Crippen molar-refractivity contribution < 1.29 is 9.59 Å². The maximum Gasteiger partial charge on any atom is 0.258 e. The average molecular weight is 376 g/mol. The van der Waals surface area contributed by atoms with Crippen LogP contribution in [-0.4, -0.2) is 16.9 Å². The zero-order valence-electron chi connectivity index (χ0n) is 13.9. The number of nitrogens with one attached hydrogen (secondary N) is 3. The summed E-state index contributed by atoms with van der Waals surface area (Å²) in [6, 6.07) is 12.1. The van der Waals surface area contributed by atoms with Crippen LogP contribution in [0.15, 0.2) is 42.5 Å². The SMILES string of the molecule is CCC(=O)Nc1cc(NC(=S)NC(=O)c2ccccc2Cl)ccc1C. The van der Waals surface area contributed by atoms with Crippen LogP contribution >= 0.6 is 23.8 Å². The van der Waals surface area contributed by atoms with Gasteiger partial charge in [-0.25, -0.2) is 0 Å². The lowest BCUT2D eigenvalue weighted by molar-refractivity contribution is -0.115. The van der Waals surface area contributed by atoms with Crippen LogP contribution in [0.25, 0.3) is 0 Å². The van der Waals surface area contributed by atoms with Crippen molar-refractivity contribution in [2.75, 3.05) is 10.6 Å². The molecular weight excluding hydrogens is 358 g/mol. The number of amides is 2. The number of thiocarbonyl (C=S) groups is 1. The molecule has 0 saturated heterocycles. The van der Waals surface area contributed by atoms with Crippen LogP contribution in [0.4, 0.5) is 11.4 Å². The molecule has 0 aliphatic rings. The quantitative estimate of drug-likeness (QED) is 0.703. The van der Waals surface area contributed by atoms with Crippen molar-refractivity contribution in [3.8, 4) is 0 Å². The third-order valence-corrected chi connectivity index (χ3v) is 3.97. The molecule has 0 aromatic heterocycles. The number of anilines is 2. The zero-order valence-corrected chi connectivity index (χ0v) is 15.4. The van der Waals surface area contributed by atoms with Crippen LogP contribution in [0.2, 0.25) is 5.02 Å². The van der Waals surface area contributed by atoms with E-state index in [2.05, 4.69) is 16.0 Å². The first-order valence-corrected chi connectivity index (χ1v) is 8.46. The van der Waals surface area contributed by atoms with Crippen molar-refractivity contribution in [1.82, 2.24) is 5.32 Å². The van der Waals surface area contributed by atoms with Crippen LogP contribution in [0, 0.1) is 6.92 Å². The molecule has 0 aliphatic heterocycles. The summed E-state index contributed by atoms with van der Waals surface area (Å²) in [7, 11) is 0. The van der Waals surface area contributed by atoms with Crippen molar-refractivity contribution in [1.29, 1.82) is 0 Å². The second kappa shape index (κ2) is 8.60. The van der Waals surface area contributed by atoms with Gasteiger partial charge in [0, 0.05) is 17.8 Å². The summed E-state index contributed by atoms with van der Waals surface area (Å²) < 4.78 is 0. The van der Waals surface area contributed by atoms with Gasteiger partial charge in [0.1, 0.15) is 0 Å². The van der Waals surface area contributed by atoms with E-state index in [0.717, 1.165) is 5.56 Å². The van der Waals surface area contributed by atoms with E-state index in [4.69, 9.17) is 23.8 Å². The molecule has 0 saturated carbocycles. The molecule has 7 heteroatoms.